The van der Waals surface area contributed by atoms with Gasteiger partial charge in [0.05, 0.1) is 0 Å². The van der Waals surface area contributed by atoms with Gasteiger partial charge in [-0.3, -0.25) is 10.1 Å². The molecule has 1 amide bonds. The molecular formula is C21H30N4OS. The van der Waals surface area contributed by atoms with Crippen LogP contribution in [0.25, 0.3) is 0 Å². The Kier molecular flexibility index (Phi) is 6.50. The number of aromatic nitrogens is 1. The van der Waals surface area contributed by atoms with Crippen LogP contribution in [0.2, 0.25) is 0 Å². The second kappa shape index (κ2) is 8.85. The summed E-state index contributed by atoms with van der Waals surface area (Å²) >= 11 is 1.60. The SMILES string of the molecule is Cc1c(NC(C)C(C)C)cccc1C(=O)Nc1ncc(C2CCNCC2)s1. The number of nitrogens with zero attached hydrogens (tertiary/aromatic N) is 1. The Hall–Kier alpha value is -1.92. The van der Waals surface area contributed by atoms with Crippen molar-refractivity contribution in [3.05, 3.63) is 40.4 Å². The van der Waals surface area contributed by atoms with Crippen molar-refractivity contribution in [3.8, 4) is 0 Å². The topological polar surface area (TPSA) is 66.0 Å². The first-order valence-corrected chi connectivity index (χ1v) is 10.6. The van der Waals surface area contributed by atoms with Gasteiger partial charge in [0.15, 0.2) is 5.13 Å². The lowest BCUT2D eigenvalue weighted by molar-refractivity contribution is 0.102. The summed E-state index contributed by atoms with van der Waals surface area (Å²) in [6, 6.07) is 6.17. The standard InChI is InChI=1S/C21H30N4OS/c1-13(2)15(4)24-18-7-5-6-17(14(18)3)20(26)25-21-23-12-19(27-21)16-8-10-22-11-9-16/h5-7,12-13,15-16,22,24H,8-11H2,1-4H3,(H,23,25,26). The summed E-state index contributed by atoms with van der Waals surface area (Å²) < 4.78 is 0. The Labute approximate surface area is 166 Å². The highest BCUT2D eigenvalue weighted by atomic mass is 32.1. The molecule has 1 fully saturated rings. The quantitative estimate of drug-likeness (QED) is 0.677. The molecule has 5 nitrogen and oxygen atoms in total. The van der Waals surface area contributed by atoms with E-state index >= 15 is 0 Å². The maximum absolute atomic E-state index is 12.8. The molecule has 0 radical (unpaired) electrons. The van der Waals surface area contributed by atoms with Gasteiger partial charge in [0.25, 0.3) is 5.91 Å². The highest BCUT2D eigenvalue weighted by Crippen LogP contribution is 2.32. The van der Waals surface area contributed by atoms with E-state index in [1.807, 2.05) is 31.3 Å². The van der Waals surface area contributed by atoms with Gasteiger partial charge in [0.1, 0.15) is 0 Å². The van der Waals surface area contributed by atoms with Crippen LogP contribution in [0.5, 0.6) is 0 Å². The fourth-order valence-corrected chi connectivity index (χ4v) is 4.23. The molecule has 1 aliphatic rings. The summed E-state index contributed by atoms with van der Waals surface area (Å²) in [5, 5.41) is 10.6. The smallest absolute Gasteiger partial charge is 0.257 e. The van der Waals surface area contributed by atoms with Crippen molar-refractivity contribution in [1.29, 1.82) is 0 Å². The van der Waals surface area contributed by atoms with Gasteiger partial charge in [-0.15, -0.1) is 11.3 Å². The van der Waals surface area contributed by atoms with E-state index in [0.717, 1.165) is 37.2 Å². The number of hydrogen-bond acceptors (Lipinski definition) is 5. The number of nitrogens with one attached hydrogen (secondary N) is 3. The molecule has 2 heterocycles. The van der Waals surface area contributed by atoms with Gasteiger partial charge in [-0.05, 0) is 69.3 Å². The predicted octanol–water partition coefficient (Wildman–Crippen LogP) is 4.63. The Morgan fingerprint density at radius 3 is 2.70 bits per heavy atom. The number of anilines is 2. The number of thiazole rings is 1. The summed E-state index contributed by atoms with van der Waals surface area (Å²) in [5.74, 6) is 0.978. The molecule has 2 aromatic rings. The molecule has 1 aromatic carbocycles. The van der Waals surface area contributed by atoms with Crippen LogP contribution in [0.4, 0.5) is 10.8 Å². The third-order valence-corrected chi connectivity index (χ3v) is 6.52. The minimum Gasteiger partial charge on any atom is -0.382 e. The van der Waals surface area contributed by atoms with E-state index < -0.39 is 0 Å². The highest BCUT2D eigenvalue weighted by molar-refractivity contribution is 7.15. The van der Waals surface area contributed by atoms with Crippen LogP contribution in [0.15, 0.2) is 24.4 Å². The molecule has 1 unspecified atom stereocenters. The van der Waals surface area contributed by atoms with Gasteiger partial charge in [0.2, 0.25) is 0 Å². The van der Waals surface area contributed by atoms with E-state index in [4.69, 9.17) is 0 Å². The average molecular weight is 387 g/mol. The van der Waals surface area contributed by atoms with Gasteiger partial charge in [0, 0.05) is 28.4 Å². The molecule has 0 aliphatic carbocycles. The lowest BCUT2D eigenvalue weighted by Crippen LogP contribution is -2.26. The maximum Gasteiger partial charge on any atom is 0.257 e. The van der Waals surface area contributed by atoms with E-state index in [1.165, 1.54) is 4.88 Å². The zero-order chi connectivity index (χ0) is 19.4. The van der Waals surface area contributed by atoms with E-state index in [0.29, 0.717) is 28.6 Å². The van der Waals surface area contributed by atoms with Crippen molar-refractivity contribution < 1.29 is 4.79 Å². The van der Waals surface area contributed by atoms with E-state index in [9.17, 15) is 4.79 Å². The zero-order valence-electron chi connectivity index (χ0n) is 16.6. The Morgan fingerprint density at radius 2 is 2.00 bits per heavy atom. The minimum absolute atomic E-state index is 0.0976. The molecule has 6 heteroatoms. The largest absolute Gasteiger partial charge is 0.382 e. The normalized spacial score (nSPS) is 16.3. The number of carbonyl (C=O) groups excluding carboxylic acids is 1. The summed E-state index contributed by atoms with van der Waals surface area (Å²) in [6.45, 7) is 10.6. The zero-order valence-corrected chi connectivity index (χ0v) is 17.5. The van der Waals surface area contributed by atoms with Crippen molar-refractivity contribution in [2.75, 3.05) is 23.7 Å². The lowest BCUT2D eigenvalue weighted by Gasteiger charge is -2.21. The number of amides is 1. The highest BCUT2D eigenvalue weighted by Gasteiger charge is 2.19. The van der Waals surface area contributed by atoms with Crippen LogP contribution < -0.4 is 16.0 Å². The molecule has 1 saturated heterocycles. The third-order valence-electron chi connectivity index (χ3n) is 5.45. The summed E-state index contributed by atoms with van der Waals surface area (Å²) in [6.07, 6.45) is 4.19. The number of hydrogen-bond donors (Lipinski definition) is 3. The first-order chi connectivity index (χ1) is 13.0. The monoisotopic (exact) mass is 386 g/mol. The third kappa shape index (κ3) is 4.87. The molecule has 3 rings (SSSR count). The van der Waals surface area contributed by atoms with Crippen molar-refractivity contribution >= 4 is 28.1 Å². The number of piperidine rings is 1. The number of rotatable bonds is 6. The van der Waals surface area contributed by atoms with Gasteiger partial charge in [-0.1, -0.05) is 19.9 Å². The van der Waals surface area contributed by atoms with Crippen LogP contribution in [-0.4, -0.2) is 30.0 Å². The van der Waals surface area contributed by atoms with Crippen molar-refractivity contribution in [2.24, 2.45) is 5.92 Å². The molecule has 1 atom stereocenters. The first kappa shape index (κ1) is 19.8. The molecule has 3 N–H and O–H groups in total. The molecule has 0 saturated carbocycles. The fourth-order valence-electron chi connectivity index (χ4n) is 3.25. The molecule has 1 aromatic heterocycles. The van der Waals surface area contributed by atoms with Crippen LogP contribution >= 0.6 is 11.3 Å². The molecular weight excluding hydrogens is 356 g/mol. The average Bonchev–Trinajstić information content (AvgIpc) is 3.12. The van der Waals surface area contributed by atoms with Crippen LogP contribution in [0, 0.1) is 12.8 Å². The second-order valence-electron chi connectivity index (χ2n) is 7.70. The van der Waals surface area contributed by atoms with Crippen LogP contribution in [0.3, 0.4) is 0 Å². The van der Waals surface area contributed by atoms with E-state index in [-0.39, 0.29) is 5.91 Å². The molecule has 146 valence electrons. The fraction of sp³-hybridized carbons (Fsp3) is 0.524. The van der Waals surface area contributed by atoms with Crippen molar-refractivity contribution in [2.45, 2.75) is 52.5 Å². The summed E-state index contributed by atoms with van der Waals surface area (Å²) in [5.41, 5.74) is 2.67. The van der Waals surface area contributed by atoms with Gasteiger partial charge < -0.3 is 10.6 Å². The molecule has 1 aliphatic heterocycles. The van der Waals surface area contributed by atoms with Crippen molar-refractivity contribution in [1.82, 2.24) is 10.3 Å². The maximum atomic E-state index is 12.8. The Balaban J connectivity index is 1.70. The minimum atomic E-state index is -0.0976. The lowest BCUT2D eigenvalue weighted by atomic mass is 9.97. The molecule has 0 spiro atoms. The van der Waals surface area contributed by atoms with Gasteiger partial charge in [-0.25, -0.2) is 4.98 Å². The summed E-state index contributed by atoms with van der Waals surface area (Å²) in [4.78, 5) is 18.5. The van der Waals surface area contributed by atoms with Gasteiger partial charge in [-0.2, -0.15) is 0 Å². The molecule has 0 bridgehead atoms. The first-order valence-electron chi connectivity index (χ1n) is 9.79. The van der Waals surface area contributed by atoms with E-state index in [1.54, 1.807) is 11.3 Å². The summed E-state index contributed by atoms with van der Waals surface area (Å²) in [7, 11) is 0. The predicted molar refractivity (Wildman–Crippen MR) is 114 cm³/mol. The van der Waals surface area contributed by atoms with E-state index in [2.05, 4.69) is 41.7 Å². The van der Waals surface area contributed by atoms with Gasteiger partial charge >= 0.3 is 0 Å². The van der Waals surface area contributed by atoms with Crippen LogP contribution in [-0.2, 0) is 0 Å². The van der Waals surface area contributed by atoms with Crippen LogP contribution in [0.1, 0.15) is 60.3 Å². The Morgan fingerprint density at radius 1 is 1.26 bits per heavy atom. The van der Waals surface area contributed by atoms with Crippen molar-refractivity contribution in [3.63, 3.8) is 0 Å². The Bertz CT molecular complexity index is 780. The number of benzene rings is 1. The number of carbonyl (C=O) groups is 1. The second-order valence-corrected chi connectivity index (χ2v) is 8.76. The molecule has 27 heavy (non-hydrogen) atoms.